The molecule has 0 aromatic rings. The van der Waals surface area contributed by atoms with Gasteiger partial charge in [0, 0.05) is 0 Å². The van der Waals surface area contributed by atoms with E-state index in [9.17, 15) is 0 Å². The minimum Gasteiger partial charge on any atom is -0.122 e. The lowest BCUT2D eigenvalue weighted by atomic mass is 11.4. The molecule has 0 saturated heterocycles. The van der Waals surface area contributed by atoms with Gasteiger partial charge in [-0.15, -0.1) is 11.1 Å². The molecule has 0 N–H and O–H groups in total. The minimum absolute atomic E-state index is 0.861. The van der Waals surface area contributed by atoms with Crippen LogP contribution in [0.25, 0.3) is 0 Å². The van der Waals surface area contributed by atoms with Crippen molar-refractivity contribution in [2.24, 2.45) is 0 Å². The van der Waals surface area contributed by atoms with E-state index in [2.05, 4.69) is 24.2 Å². The summed E-state index contributed by atoms with van der Waals surface area (Å²) in [5, 5.41) is 0. The zero-order valence-corrected chi connectivity index (χ0v) is 4.50. The average Bonchev–Trinajstić information content (AvgIpc) is 1.76. The van der Waals surface area contributed by atoms with Crippen LogP contribution in [0.5, 0.6) is 0 Å². The van der Waals surface area contributed by atoms with Crippen molar-refractivity contribution in [2.45, 2.75) is 13.1 Å². The third-order valence-corrected chi connectivity index (χ3v) is 1.88. The molecule has 26 valence electrons. The van der Waals surface area contributed by atoms with Gasteiger partial charge in [-0.2, -0.15) is 0 Å². The normalized spacial score (nSPS) is 23.6. The molecule has 0 bridgehead atoms. The van der Waals surface area contributed by atoms with E-state index >= 15 is 0 Å². The molecule has 0 unspecified atom stereocenters. The van der Waals surface area contributed by atoms with E-state index in [1.807, 2.05) is 0 Å². The molecule has 0 aromatic heterocycles. The third-order valence-electron chi connectivity index (χ3n) is 0.625. The van der Waals surface area contributed by atoms with Gasteiger partial charge >= 0.3 is 0 Å². The molecule has 1 aliphatic heterocycles. The van der Waals surface area contributed by atoms with Crippen molar-refractivity contribution in [3.05, 3.63) is 0 Å². The van der Waals surface area contributed by atoms with Crippen LogP contribution in [0, 0.1) is 11.1 Å². The maximum absolute atomic E-state index is 3.06. The van der Waals surface area contributed by atoms with Gasteiger partial charge in [-0.1, -0.05) is 0 Å². The van der Waals surface area contributed by atoms with Crippen LogP contribution in [-0.2, 0) is 0 Å². The van der Waals surface area contributed by atoms with Gasteiger partial charge in [0.2, 0.25) is 8.07 Å². The summed E-state index contributed by atoms with van der Waals surface area (Å²) in [4.78, 5) is 0. The highest BCUT2D eigenvalue weighted by Gasteiger charge is 2.22. The molecule has 0 saturated carbocycles. The van der Waals surface area contributed by atoms with Crippen LogP contribution >= 0.6 is 0 Å². The fourth-order valence-corrected chi connectivity index (χ4v) is 1.12. The van der Waals surface area contributed by atoms with Gasteiger partial charge in [-0.05, 0) is 13.1 Å². The zero-order valence-electron chi connectivity index (χ0n) is 3.50. The molecule has 0 nitrogen and oxygen atoms in total. The van der Waals surface area contributed by atoms with Gasteiger partial charge in [0.15, 0.2) is 0 Å². The van der Waals surface area contributed by atoms with E-state index in [0.29, 0.717) is 0 Å². The second-order valence-electron chi connectivity index (χ2n) is 1.88. The Kier molecular flexibility index (Phi) is 0.288. The van der Waals surface area contributed by atoms with Gasteiger partial charge in [-0.25, -0.2) is 0 Å². The monoisotopic (exact) mass is 82.0 g/mol. The molecule has 0 radical (unpaired) electrons. The van der Waals surface area contributed by atoms with E-state index in [0.717, 1.165) is 0 Å². The number of hydrogen-bond donors (Lipinski definition) is 0. The summed E-state index contributed by atoms with van der Waals surface area (Å²) in [5.74, 6) is 0. The first-order valence-corrected chi connectivity index (χ1v) is 4.75. The Morgan fingerprint density at radius 1 is 1.20 bits per heavy atom. The van der Waals surface area contributed by atoms with E-state index < -0.39 is 8.07 Å². The SMILES string of the molecule is C[Si]1(C)C#C1. The standard InChI is InChI=1S/C4H6Si/c1-5(2)3-4-5/h1-2H3. The minimum atomic E-state index is -0.861. The molecule has 0 amide bonds. The first-order chi connectivity index (χ1) is 2.21. The smallest absolute Gasteiger partial charge is 0.122 e. The van der Waals surface area contributed by atoms with Crippen molar-refractivity contribution in [3.8, 4) is 11.1 Å². The summed E-state index contributed by atoms with van der Waals surface area (Å²) in [6.45, 7) is 4.43. The number of hydrogen-bond acceptors (Lipinski definition) is 0. The third kappa shape index (κ3) is 0.523. The van der Waals surface area contributed by atoms with Crippen LogP contribution < -0.4 is 0 Å². The molecule has 1 aliphatic rings. The van der Waals surface area contributed by atoms with Gasteiger partial charge in [-0.3, -0.25) is 0 Å². The molecule has 0 fully saturated rings. The Labute approximate surface area is 33.2 Å². The van der Waals surface area contributed by atoms with Crippen LogP contribution in [0.1, 0.15) is 0 Å². The molecular weight excluding hydrogens is 76.1 g/mol. The van der Waals surface area contributed by atoms with E-state index in [-0.39, 0.29) is 0 Å². The van der Waals surface area contributed by atoms with Gasteiger partial charge in [0.25, 0.3) is 0 Å². The zero-order chi connectivity index (χ0) is 3.91. The fourth-order valence-electron chi connectivity index (χ4n) is 0.125. The Bertz CT molecular complexity index is 92.6. The average molecular weight is 82.2 g/mol. The molecule has 0 atom stereocenters. The Morgan fingerprint density at radius 2 is 1.40 bits per heavy atom. The van der Waals surface area contributed by atoms with Crippen LogP contribution in [0.15, 0.2) is 0 Å². The number of rotatable bonds is 0. The highest BCUT2D eigenvalue weighted by molar-refractivity contribution is 7.01. The lowest BCUT2D eigenvalue weighted by Gasteiger charge is -1.81. The largest absolute Gasteiger partial charge is 0.209 e. The van der Waals surface area contributed by atoms with Gasteiger partial charge in [0.05, 0.1) is 0 Å². The maximum atomic E-state index is 3.06. The molecule has 0 aliphatic carbocycles. The summed E-state index contributed by atoms with van der Waals surface area (Å²) in [6.07, 6.45) is 0. The molecule has 1 heteroatoms. The lowest BCUT2D eigenvalue weighted by Crippen LogP contribution is -2.03. The molecule has 0 aromatic carbocycles. The quantitative estimate of drug-likeness (QED) is 0.299. The van der Waals surface area contributed by atoms with Crippen LogP contribution in [-0.4, -0.2) is 8.07 Å². The highest BCUT2D eigenvalue weighted by Crippen LogP contribution is 2.06. The molecular formula is C4H6Si. The van der Waals surface area contributed by atoms with E-state index in [4.69, 9.17) is 0 Å². The summed E-state index contributed by atoms with van der Waals surface area (Å²) in [7, 11) is -0.861. The van der Waals surface area contributed by atoms with Crippen LogP contribution in [0.4, 0.5) is 0 Å². The van der Waals surface area contributed by atoms with Crippen LogP contribution in [0.3, 0.4) is 0 Å². The van der Waals surface area contributed by atoms with Crippen molar-refractivity contribution in [1.82, 2.24) is 0 Å². The first kappa shape index (κ1) is 2.99. The lowest BCUT2D eigenvalue weighted by molar-refractivity contribution is 2.01. The fraction of sp³-hybridized carbons (Fsp3) is 0.500. The van der Waals surface area contributed by atoms with E-state index in [1.54, 1.807) is 0 Å². The van der Waals surface area contributed by atoms with Crippen LogP contribution in [0.2, 0.25) is 13.1 Å². The topological polar surface area (TPSA) is 0 Å². The predicted octanol–water partition coefficient (Wildman–Crippen LogP) is 0.790. The first-order valence-electron chi connectivity index (χ1n) is 1.75. The summed E-state index contributed by atoms with van der Waals surface area (Å²) in [5.41, 5.74) is 6.12. The molecule has 1 heterocycles. The maximum Gasteiger partial charge on any atom is 0.209 e. The summed E-state index contributed by atoms with van der Waals surface area (Å²) < 4.78 is 0. The highest BCUT2D eigenvalue weighted by atomic mass is 28.3. The van der Waals surface area contributed by atoms with Gasteiger partial charge in [0.1, 0.15) is 0 Å². The predicted molar refractivity (Wildman–Crippen MR) is 25.3 cm³/mol. The second kappa shape index (κ2) is 0.482. The molecule has 0 spiro atoms. The molecule has 5 heavy (non-hydrogen) atoms. The van der Waals surface area contributed by atoms with Gasteiger partial charge < -0.3 is 0 Å². The van der Waals surface area contributed by atoms with E-state index in [1.165, 1.54) is 0 Å². The van der Waals surface area contributed by atoms with Crippen molar-refractivity contribution in [3.63, 3.8) is 0 Å². The van der Waals surface area contributed by atoms with Crippen molar-refractivity contribution >= 4 is 8.07 Å². The molecule has 1 rings (SSSR count). The Morgan fingerprint density at radius 3 is 1.40 bits per heavy atom. The Hall–Kier alpha value is -0.223. The van der Waals surface area contributed by atoms with Crippen molar-refractivity contribution in [2.75, 3.05) is 0 Å². The summed E-state index contributed by atoms with van der Waals surface area (Å²) in [6, 6.07) is 0. The van der Waals surface area contributed by atoms with Crippen molar-refractivity contribution < 1.29 is 0 Å². The summed E-state index contributed by atoms with van der Waals surface area (Å²) >= 11 is 0. The Balaban J connectivity index is 2.50. The van der Waals surface area contributed by atoms with Crippen molar-refractivity contribution in [1.29, 1.82) is 0 Å². The second-order valence-corrected chi connectivity index (χ2v) is 5.62.